The average Bonchev–Trinajstić information content (AvgIpc) is 3.18. The van der Waals surface area contributed by atoms with Crippen molar-refractivity contribution >= 4 is 29.2 Å². The predicted molar refractivity (Wildman–Crippen MR) is 134 cm³/mol. The van der Waals surface area contributed by atoms with Crippen molar-refractivity contribution in [2.45, 2.75) is 20.3 Å². The van der Waals surface area contributed by atoms with Crippen molar-refractivity contribution in [3.63, 3.8) is 0 Å². The smallest absolute Gasteiger partial charge is 0.409 e. The number of Topliss-reactive ketones (excluding diaryl/α,β-unsaturated/α-hetero) is 1. The molecule has 0 spiro atoms. The number of rotatable bonds is 7. The minimum atomic E-state index is -1.33. The molecule has 182 valence electrons. The molecule has 1 aromatic heterocycles. The summed E-state index contributed by atoms with van der Waals surface area (Å²) in [5, 5.41) is 13.9. The molecule has 4 rings (SSSR count). The zero-order valence-electron chi connectivity index (χ0n) is 19.6. The lowest BCUT2D eigenvalue weighted by atomic mass is 10.0. The van der Waals surface area contributed by atoms with Gasteiger partial charge in [-0.2, -0.15) is 0 Å². The van der Waals surface area contributed by atoms with E-state index in [0.717, 1.165) is 17.2 Å². The van der Waals surface area contributed by atoms with Crippen LogP contribution in [0.15, 0.2) is 72.9 Å². The average molecular weight is 487 g/mol. The summed E-state index contributed by atoms with van der Waals surface area (Å²) < 4.78 is 16.1. The SMILES string of the molecule is Cc1cn(-c2cccc(C(=O)CC(=O)Nc3cc(-c4ccccc4F)ccc3NC(=O)O)c2)c(C)n1. The van der Waals surface area contributed by atoms with Crippen LogP contribution in [-0.2, 0) is 4.79 Å². The minimum Gasteiger partial charge on any atom is -0.465 e. The molecular formula is C27H23FN4O4. The van der Waals surface area contributed by atoms with Crippen LogP contribution in [0.1, 0.15) is 28.3 Å². The molecule has 3 aromatic carbocycles. The van der Waals surface area contributed by atoms with Crippen molar-refractivity contribution in [2.24, 2.45) is 0 Å². The number of benzene rings is 3. The largest absolute Gasteiger partial charge is 0.465 e. The number of halogens is 1. The Labute approximate surface area is 206 Å². The Morgan fingerprint density at radius 2 is 1.72 bits per heavy atom. The Morgan fingerprint density at radius 1 is 0.944 bits per heavy atom. The van der Waals surface area contributed by atoms with Gasteiger partial charge in [0.15, 0.2) is 5.78 Å². The number of nitrogens with one attached hydrogen (secondary N) is 2. The highest BCUT2D eigenvalue weighted by atomic mass is 19.1. The lowest BCUT2D eigenvalue weighted by Crippen LogP contribution is -2.18. The number of aromatic nitrogens is 2. The van der Waals surface area contributed by atoms with Crippen molar-refractivity contribution in [2.75, 3.05) is 10.6 Å². The van der Waals surface area contributed by atoms with Gasteiger partial charge in [-0.15, -0.1) is 0 Å². The molecule has 4 aromatic rings. The van der Waals surface area contributed by atoms with E-state index in [9.17, 15) is 18.8 Å². The van der Waals surface area contributed by atoms with E-state index in [1.54, 1.807) is 36.4 Å². The lowest BCUT2D eigenvalue weighted by Gasteiger charge is -2.13. The summed E-state index contributed by atoms with van der Waals surface area (Å²) in [5.74, 6) is -0.754. The number of carboxylic acid groups (broad SMARTS) is 1. The molecular weight excluding hydrogens is 463 g/mol. The first-order chi connectivity index (χ1) is 17.2. The molecule has 0 aliphatic rings. The number of hydrogen-bond acceptors (Lipinski definition) is 4. The number of aryl methyl sites for hydroxylation is 2. The first-order valence-electron chi connectivity index (χ1n) is 11.1. The molecule has 9 heteroatoms. The summed E-state index contributed by atoms with van der Waals surface area (Å²) in [6.45, 7) is 3.73. The van der Waals surface area contributed by atoms with Crippen molar-refractivity contribution in [3.05, 3.63) is 95.8 Å². The Hall–Kier alpha value is -4.79. The van der Waals surface area contributed by atoms with Crippen LogP contribution < -0.4 is 10.6 Å². The van der Waals surface area contributed by atoms with Crippen molar-refractivity contribution < 1.29 is 23.9 Å². The van der Waals surface area contributed by atoms with E-state index >= 15 is 0 Å². The molecule has 0 aliphatic heterocycles. The van der Waals surface area contributed by atoms with Crippen LogP contribution in [0.5, 0.6) is 0 Å². The third kappa shape index (κ3) is 5.47. The summed E-state index contributed by atoms with van der Waals surface area (Å²) in [6, 6.07) is 17.4. The molecule has 36 heavy (non-hydrogen) atoms. The van der Waals surface area contributed by atoms with Gasteiger partial charge in [0.2, 0.25) is 5.91 Å². The molecule has 0 saturated heterocycles. The number of hydrogen-bond donors (Lipinski definition) is 3. The molecule has 0 fully saturated rings. The zero-order chi connectivity index (χ0) is 25.8. The van der Waals surface area contributed by atoms with Gasteiger partial charge >= 0.3 is 6.09 Å². The van der Waals surface area contributed by atoms with Crippen LogP contribution in [0.2, 0.25) is 0 Å². The Bertz CT molecular complexity index is 1480. The highest BCUT2D eigenvalue weighted by molar-refractivity contribution is 6.12. The number of carbonyl (C=O) groups is 3. The number of imidazole rings is 1. The third-order valence-corrected chi connectivity index (χ3v) is 5.49. The third-order valence-electron chi connectivity index (χ3n) is 5.49. The second kappa shape index (κ2) is 10.2. The fraction of sp³-hybridized carbons (Fsp3) is 0.111. The second-order valence-electron chi connectivity index (χ2n) is 8.17. The van der Waals surface area contributed by atoms with Gasteiger partial charge in [0.1, 0.15) is 11.6 Å². The number of nitrogens with zero attached hydrogens (tertiary/aromatic N) is 2. The molecule has 8 nitrogen and oxygen atoms in total. The summed E-state index contributed by atoms with van der Waals surface area (Å²) in [6.07, 6.45) is 0.0505. The van der Waals surface area contributed by atoms with E-state index in [-0.39, 0.29) is 16.9 Å². The van der Waals surface area contributed by atoms with Gasteiger partial charge in [-0.1, -0.05) is 36.4 Å². The maximum absolute atomic E-state index is 14.3. The van der Waals surface area contributed by atoms with Crippen LogP contribution >= 0.6 is 0 Å². The number of ketones is 1. The van der Waals surface area contributed by atoms with Crippen molar-refractivity contribution in [1.29, 1.82) is 0 Å². The zero-order valence-corrected chi connectivity index (χ0v) is 19.6. The summed E-state index contributed by atoms with van der Waals surface area (Å²) in [7, 11) is 0. The fourth-order valence-corrected chi connectivity index (χ4v) is 3.89. The summed E-state index contributed by atoms with van der Waals surface area (Å²) >= 11 is 0. The standard InChI is InChI=1S/C27H23FN4O4/c1-16-15-32(17(2)29-16)20-7-5-6-19(12-20)25(33)14-26(34)30-24-13-18(10-11-23(24)31-27(35)36)21-8-3-4-9-22(21)28/h3-13,15,31H,14H2,1-2H3,(H,30,34)(H,35,36). The van der Waals surface area contributed by atoms with Crippen LogP contribution in [0.3, 0.4) is 0 Å². The van der Waals surface area contributed by atoms with Crippen molar-refractivity contribution in [1.82, 2.24) is 9.55 Å². The molecule has 1 heterocycles. The van der Waals surface area contributed by atoms with Crippen LogP contribution in [0.25, 0.3) is 16.8 Å². The summed E-state index contributed by atoms with van der Waals surface area (Å²) in [5.41, 5.74) is 2.84. The molecule has 2 amide bonds. The maximum atomic E-state index is 14.3. The van der Waals surface area contributed by atoms with E-state index in [1.807, 2.05) is 30.7 Å². The Balaban J connectivity index is 1.56. The Kier molecular flexibility index (Phi) is 6.91. The van der Waals surface area contributed by atoms with Gasteiger partial charge in [0.25, 0.3) is 0 Å². The van der Waals surface area contributed by atoms with Gasteiger partial charge in [-0.05, 0) is 49.7 Å². The van der Waals surface area contributed by atoms with Crippen molar-refractivity contribution in [3.8, 4) is 16.8 Å². The lowest BCUT2D eigenvalue weighted by molar-refractivity contribution is -0.115. The van der Waals surface area contributed by atoms with E-state index in [0.29, 0.717) is 11.1 Å². The van der Waals surface area contributed by atoms with Gasteiger partial charge in [-0.3, -0.25) is 14.9 Å². The van der Waals surface area contributed by atoms with Gasteiger partial charge in [-0.25, -0.2) is 14.2 Å². The highest BCUT2D eigenvalue weighted by Crippen LogP contribution is 2.31. The molecule has 0 unspecified atom stereocenters. The molecule has 0 aliphatic carbocycles. The normalized spacial score (nSPS) is 10.6. The van der Waals surface area contributed by atoms with Crippen LogP contribution in [0, 0.1) is 19.7 Å². The number of amides is 2. The molecule has 0 saturated carbocycles. The number of carbonyl (C=O) groups excluding carboxylic acids is 2. The van der Waals surface area contributed by atoms with Crippen LogP contribution in [-0.4, -0.2) is 32.4 Å². The minimum absolute atomic E-state index is 0.0938. The van der Waals surface area contributed by atoms with Gasteiger partial charge < -0.3 is 15.0 Å². The molecule has 0 atom stereocenters. The molecule has 0 bridgehead atoms. The van der Waals surface area contributed by atoms with E-state index in [2.05, 4.69) is 15.6 Å². The quantitative estimate of drug-likeness (QED) is 0.233. The highest BCUT2D eigenvalue weighted by Gasteiger charge is 2.17. The summed E-state index contributed by atoms with van der Waals surface area (Å²) in [4.78, 5) is 41.2. The second-order valence-corrected chi connectivity index (χ2v) is 8.17. The van der Waals surface area contributed by atoms with Gasteiger partial charge in [0.05, 0.1) is 23.5 Å². The maximum Gasteiger partial charge on any atom is 0.409 e. The topological polar surface area (TPSA) is 113 Å². The fourth-order valence-electron chi connectivity index (χ4n) is 3.89. The first-order valence-corrected chi connectivity index (χ1v) is 11.1. The van der Waals surface area contributed by atoms with E-state index in [1.165, 1.54) is 24.3 Å². The van der Waals surface area contributed by atoms with E-state index in [4.69, 9.17) is 5.11 Å². The molecule has 3 N–H and O–H groups in total. The first kappa shape index (κ1) is 24.3. The van der Waals surface area contributed by atoms with Gasteiger partial charge in [0, 0.05) is 23.0 Å². The molecule has 0 radical (unpaired) electrons. The van der Waals surface area contributed by atoms with E-state index < -0.39 is 30.0 Å². The number of anilines is 2. The predicted octanol–water partition coefficient (Wildman–Crippen LogP) is 5.60. The monoisotopic (exact) mass is 486 g/mol. The van der Waals surface area contributed by atoms with Crippen LogP contribution in [0.4, 0.5) is 20.6 Å². The Morgan fingerprint density at radius 3 is 2.42 bits per heavy atom.